The second-order valence-electron chi connectivity index (χ2n) is 8.06. The monoisotopic (exact) mass is 448 g/mol. The zero-order valence-electron chi connectivity index (χ0n) is 17.8. The zero-order chi connectivity index (χ0) is 21.5. The summed E-state index contributed by atoms with van der Waals surface area (Å²) in [5.41, 5.74) is 2.44. The highest BCUT2D eigenvalue weighted by Crippen LogP contribution is 2.40. The van der Waals surface area contributed by atoms with Gasteiger partial charge in [0, 0.05) is 29.8 Å². The number of nitrogens with one attached hydrogen (secondary N) is 2. The molecule has 0 unspecified atom stereocenters. The van der Waals surface area contributed by atoms with E-state index in [0.717, 1.165) is 65.5 Å². The Kier molecular flexibility index (Phi) is 4.92. The smallest absolute Gasteiger partial charge is 0.204 e. The maximum absolute atomic E-state index is 6.07. The highest BCUT2D eigenvalue weighted by Gasteiger charge is 2.34. The van der Waals surface area contributed by atoms with Crippen LogP contribution in [0.25, 0.3) is 21.6 Å². The summed E-state index contributed by atoms with van der Waals surface area (Å²) in [5, 5.41) is 5.78. The molecular formula is C23H24N6O2S. The molecule has 1 aromatic carbocycles. The van der Waals surface area contributed by atoms with E-state index in [9.17, 15) is 0 Å². The first-order valence-corrected chi connectivity index (χ1v) is 11.7. The van der Waals surface area contributed by atoms with Crippen LogP contribution in [0.5, 0.6) is 5.75 Å². The number of anilines is 2. The topological polar surface area (TPSA) is 88.2 Å². The Morgan fingerprint density at radius 2 is 2.16 bits per heavy atom. The number of nitrogens with zero attached hydrogens (tertiary/aromatic N) is 4. The van der Waals surface area contributed by atoms with Crippen LogP contribution in [0.4, 0.5) is 11.6 Å². The summed E-state index contributed by atoms with van der Waals surface area (Å²) >= 11 is 1.60. The second kappa shape index (κ2) is 8.07. The Morgan fingerprint density at radius 1 is 1.25 bits per heavy atom. The van der Waals surface area contributed by atoms with Crippen molar-refractivity contribution in [2.24, 2.45) is 0 Å². The lowest BCUT2D eigenvalue weighted by atomic mass is 10.1. The predicted octanol–water partition coefficient (Wildman–Crippen LogP) is 3.64. The first-order chi connectivity index (χ1) is 15.8. The molecule has 0 radical (unpaired) electrons. The first-order valence-electron chi connectivity index (χ1n) is 10.9. The van der Waals surface area contributed by atoms with E-state index in [2.05, 4.69) is 44.6 Å². The fourth-order valence-corrected chi connectivity index (χ4v) is 4.94. The maximum Gasteiger partial charge on any atom is 0.204 e. The normalized spacial score (nSPS) is 16.0. The third-order valence-corrected chi connectivity index (χ3v) is 6.87. The van der Waals surface area contributed by atoms with Crippen molar-refractivity contribution < 1.29 is 9.47 Å². The highest BCUT2D eigenvalue weighted by atomic mass is 32.1. The number of para-hydroxylation sites is 1. The molecule has 9 heteroatoms. The molecule has 8 nitrogen and oxygen atoms in total. The SMILES string of the molecule is Cc1ncc(-c2nc(NCCc3c[nH]c4ccccc34)c3c(n2)N(C2COC2)CCO3)s1. The van der Waals surface area contributed by atoms with Crippen LogP contribution >= 0.6 is 11.3 Å². The van der Waals surface area contributed by atoms with Crippen LogP contribution in [0.2, 0.25) is 0 Å². The van der Waals surface area contributed by atoms with Crippen LogP contribution in [-0.4, -0.2) is 58.9 Å². The lowest BCUT2D eigenvalue weighted by Crippen LogP contribution is -2.52. The minimum absolute atomic E-state index is 0.336. The number of hydrogen-bond donors (Lipinski definition) is 2. The van der Waals surface area contributed by atoms with Crippen molar-refractivity contribution in [3.8, 4) is 16.5 Å². The van der Waals surface area contributed by atoms with Gasteiger partial charge in [-0.2, -0.15) is 0 Å². The molecule has 0 bridgehead atoms. The summed E-state index contributed by atoms with van der Waals surface area (Å²) in [6, 6.07) is 8.71. The van der Waals surface area contributed by atoms with Crippen molar-refractivity contribution in [2.45, 2.75) is 19.4 Å². The van der Waals surface area contributed by atoms with Crippen LogP contribution in [0, 0.1) is 6.92 Å². The number of aromatic amines is 1. The number of aromatic nitrogens is 4. The maximum atomic E-state index is 6.07. The van der Waals surface area contributed by atoms with Gasteiger partial charge in [-0.25, -0.2) is 15.0 Å². The molecule has 3 aromatic heterocycles. The molecule has 0 saturated carbocycles. The molecule has 1 saturated heterocycles. The summed E-state index contributed by atoms with van der Waals surface area (Å²) in [6.07, 6.45) is 4.80. The number of thiazole rings is 1. The van der Waals surface area contributed by atoms with Gasteiger partial charge in [0.1, 0.15) is 6.61 Å². The third kappa shape index (κ3) is 3.47. The van der Waals surface area contributed by atoms with E-state index in [1.165, 1.54) is 10.9 Å². The van der Waals surface area contributed by atoms with Crippen molar-refractivity contribution in [3.63, 3.8) is 0 Å². The van der Waals surface area contributed by atoms with Gasteiger partial charge in [0.05, 0.1) is 35.7 Å². The standard InChI is InChI=1S/C23H24N6O2S/c1-14-25-11-19(32-14)21-27-22(20-23(28-21)29(8-9-31-20)16-12-30-13-16)24-7-6-15-10-26-18-5-3-2-4-17(15)18/h2-5,10-11,16,26H,6-9,12-13H2,1H3,(H,24,27,28). The molecule has 5 heterocycles. The van der Waals surface area contributed by atoms with E-state index >= 15 is 0 Å². The molecule has 2 aliphatic heterocycles. The lowest BCUT2D eigenvalue weighted by Gasteiger charge is -2.41. The molecule has 2 aliphatic rings. The van der Waals surface area contributed by atoms with Gasteiger partial charge in [-0.1, -0.05) is 18.2 Å². The molecule has 4 aromatic rings. The largest absolute Gasteiger partial charge is 0.485 e. The quantitative estimate of drug-likeness (QED) is 0.466. The molecule has 1 fully saturated rings. The van der Waals surface area contributed by atoms with Crippen LogP contribution in [-0.2, 0) is 11.2 Å². The number of rotatable bonds is 6. The Hall–Kier alpha value is -3.17. The van der Waals surface area contributed by atoms with Gasteiger partial charge in [0.2, 0.25) is 5.75 Å². The molecule has 0 atom stereocenters. The van der Waals surface area contributed by atoms with Crippen LogP contribution in [0.1, 0.15) is 10.6 Å². The van der Waals surface area contributed by atoms with E-state index in [-0.39, 0.29) is 0 Å². The van der Waals surface area contributed by atoms with Crippen molar-refractivity contribution >= 4 is 33.9 Å². The molecule has 0 aliphatic carbocycles. The van der Waals surface area contributed by atoms with Crippen LogP contribution in [0.15, 0.2) is 36.7 Å². The molecular weight excluding hydrogens is 424 g/mol. The van der Waals surface area contributed by atoms with Crippen molar-refractivity contribution in [1.29, 1.82) is 0 Å². The van der Waals surface area contributed by atoms with E-state index in [0.29, 0.717) is 18.5 Å². The van der Waals surface area contributed by atoms with Crippen molar-refractivity contribution in [3.05, 3.63) is 47.2 Å². The average molecular weight is 449 g/mol. The van der Waals surface area contributed by atoms with Gasteiger partial charge in [-0.05, 0) is 25.0 Å². The summed E-state index contributed by atoms with van der Waals surface area (Å²) < 4.78 is 11.5. The number of hydrogen-bond acceptors (Lipinski definition) is 8. The average Bonchev–Trinajstić information content (AvgIpc) is 3.39. The molecule has 164 valence electrons. The highest BCUT2D eigenvalue weighted by molar-refractivity contribution is 7.14. The fraction of sp³-hybridized carbons (Fsp3) is 0.348. The second-order valence-corrected chi connectivity index (χ2v) is 9.30. The lowest BCUT2D eigenvalue weighted by molar-refractivity contribution is 0.00559. The van der Waals surface area contributed by atoms with E-state index in [1.807, 2.05) is 19.2 Å². The number of aryl methyl sites for hydroxylation is 1. The van der Waals surface area contributed by atoms with Gasteiger partial charge in [-0.15, -0.1) is 11.3 Å². The number of fused-ring (bicyclic) bond motifs is 2. The summed E-state index contributed by atoms with van der Waals surface area (Å²) in [7, 11) is 0. The van der Waals surface area contributed by atoms with Gasteiger partial charge in [-0.3, -0.25) is 0 Å². The Bertz CT molecular complexity index is 1260. The summed E-state index contributed by atoms with van der Waals surface area (Å²) in [5.74, 6) is 2.99. The number of H-pyrrole nitrogens is 1. The number of benzene rings is 1. The molecule has 0 amide bonds. The minimum Gasteiger partial charge on any atom is -0.485 e. The summed E-state index contributed by atoms with van der Waals surface area (Å²) in [4.78, 5) is 20.7. The number of ether oxygens (including phenoxy) is 2. The van der Waals surface area contributed by atoms with Gasteiger partial charge < -0.3 is 24.7 Å². The first kappa shape index (κ1) is 19.5. The third-order valence-electron chi connectivity index (χ3n) is 5.96. The van der Waals surface area contributed by atoms with Crippen molar-refractivity contribution in [1.82, 2.24) is 19.9 Å². The van der Waals surface area contributed by atoms with Crippen LogP contribution in [0.3, 0.4) is 0 Å². The minimum atomic E-state index is 0.336. The Balaban J connectivity index is 1.31. The molecule has 6 rings (SSSR count). The van der Waals surface area contributed by atoms with Crippen LogP contribution < -0.4 is 15.0 Å². The summed E-state index contributed by atoms with van der Waals surface area (Å²) in [6.45, 7) is 5.59. The Labute approximate surface area is 189 Å². The van der Waals surface area contributed by atoms with E-state index < -0.39 is 0 Å². The molecule has 2 N–H and O–H groups in total. The van der Waals surface area contributed by atoms with Gasteiger partial charge in [0.15, 0.2) is 17.5 Å². The fourth-order valence-electron chi connectivity index (χ4n) is 4.23. The molecule has 32 heavy (non-hydrogen) atoms. The van der Waals surface area contributed by atoms with E-state index in [1.54, 1.807) is 11.3 Å². The van der Waals surface area contributed by atoms with Gasteiger partial charge in [0.25, 0.3) is 0 Å². The van der Waals surface area contributed by atoms with Crippen molar-refractivity contribution in [2.75, 3.05) is 43.1 Å². The molecule has 0 spiro atoms. The van der Waals surface area contributed by atoms with Gasteiger partial charge >= 0.3 is 0 Å². The zero-order valence-corrected chi connectivity index (χ0v) is 18.6. The van der Waals surface area contributed by atoms with E-state index in [4.69, 9.17) is 19.4 Å². The predicted molar refractivity (Wildman–Crippen MR) is 126 cm³/mol. The Morgan fingerprint density at radius 3 is 2.97 bits per heavy atom.